The molecule has 0 aliphatic carbocycles. The fourth-order valence-corrected chi connectivity index (χ4v) is 3.36. The molecule has 134 valence electrons. The summed E-state index contributed by atoms with van der Waals surface area (Å²) in [6, 6.07) is 2.07. The molecule has 7 heteroatoms. The number of amides is 1. The number of nitrogens with zero attached hydrogens (tertiary/aromatic N) is 1. The van der Waals surface area contributed by atoms with Gasteiger partial charge in [0.25, 0.3) is 5.91 Å². The van der Waals surface area contributed by atoms with Crippen LogP contribution in [0.5, 0.6) is 5.75 Å². The molecule has 0 aromatic heterocycles. The Morgan fingerprint density at radius 1 is 1.46 bits per heavy atom. The number of likely N-dealkylation sites (tertiary alicyclic amines) is 1. The van der Waals surface area contributed by atoms with Gasteiger partial charge in [0.05, 0.1) is 25.4 Å². The summed E-state index contributed by atoms with van der Waals surface area (Å²) in [5.74, 6) is -3.12. The highest BCUT2D eigenvalue weighted by atomic mass is 19.1. The van der Waals surface area contributed by atoms with E-state index in [4.69, 9.17) is 0 Å². The largest absolute Gasteiger partial charge is 0.491 e. The summed E-state index contributed by atoms with van der Waals surface area (Å²) in [6.07, 6.45) is 0.855. The molecule has 5 nitrogen and oxygen atoms in total. The van der Waals surface area contributed by atoms with E-state index < -0.39 is 34.8 Å². The maximum Gasteiger partial charge on any atom is 0.257 e. The van der Waals surface area contributed by atoms with Crippen molar-refractivity contribution in [2.45, 2.75) is 32.3 Å². The van der Waals surface area contributed by atoms with Crippen molar-refractivity contribution in [3.8, 4) is 5.75 Å². The van der Waals surface area contributed by atoms with Crippen molar-refractivity contribution in [2.75, 3.05) is 26.8 Å². The average Bonchev–Trinajstić information content (AvgIpc) is 2.57. The number of aliphatic hydroxyl groups is 2. The molecule has 2 rings (SSSR count). The number of methoxy groups -OCH3 is 1. The number of halogens is 2. The van der Waals surface area contributed by atoms with Crippen LogP contribution in [0.4, 0.5) is 8.78 Å². The molecular weight excluding hydrogens is 320 g/mol. The van der Waals surface area contributed by atoms with Crippen molar-refractivity contribution >= 4 is 5.91 Å². The van der Waals surface area contributed by atoms with Crippen LogP contribution in [0.15, 0.2) is 12.1 Å². The standard InChI is InChI=1S/C17H23F2NO4/c1-3-7-17(10-21)9-20(8-6-13(17)22)16(23)11-4-5-12(18)15(24-2)14(11)19/h4-5,13,21-22H,3,6-10H2,1-2H3/t13-,17+/m1/s1. The van der Waals surface area contributed by atoms with Gasteiger partial charge in [-0.2, -0.15) is 0 Å². The predicted octanol–water partition coefficient (Wildman–Crippen LogP) is 1.96. The van der Waals surface area contributed by atoms with Crippen LogP contribution in [-0.4, -0.2) is 53.9 Å². The summed E-state index contributed by atoms with van der Waals surface area (Å²) < 4.78 is 32.5. The lowest BCUT2D eigenvalue weighted by atomic mass is 9.74. The number of carbonyl (C=O) groups is 1. The highest BCUT2D eigenvalue weighted by molar-refractivity contribution is 5.95. The van der Waals surface area contributed by atoms with Crippen molar-refractivity contribution in [1.82, 2.24) is 4.90 Å². The number of aliphatic hydroxyl groups excluding tert-OH is 2. The molecule has 1 fully saturated rings. The van der Waals surface area contributed by atoms with Crippen LogP contribution in [0.3, 0.4) is 0 Å². The van der Waals surface area contributed by atoms with E-state index >= 15 is 0 Å². The summed E-state index contributed by atoms with van der Waals surface area (Å²) in [7, 11) is 1.13. The van der Waals surface area contributed by atoms with Crippen LogP contribution >= 0.6 is 0 Å². The average molecular weight is 343 g/mol. The summed E-state index contributed by atoms with van der Waals surface area (Å²) in [6.45, 7) is 2.03. The topological polar surface area (TPSA) is 70.0 Å². The number of rotatable bonds is 5. The quantitative estimate of drug-likeness (QED) is 0.857. The Balaban J connectivity index is 2.30. The Hall–Kier alpha value is -1.73. The van der Waals surface area contributed by atoms with Crippen molar-refractivity contribution < 1.29 is 28.5 Å². The molecular formula is C17H23F2NO4. The molecule has 1 aliphatic rings. The fraction of sp³-hybridized carbons (Fsp3) is 0.588. The Labute approximate surface area is 139 Å². The third-order valence-electron chi connectivity index (χ3n) is 4.72. The lowest BCUT2D eigenvalue weighted by Gasteiger charge is -2.45. The Kier molecular flexibility index (Phi) is 5.77. The van der Waals surface area contributed by atoms with Crippen molar-refractivity contribution in [1.29, 1.82) is 0 Å². The van der Waals surface area contributed by atoms with E-state index in [1.807, 2.05) is 6.92 Å². The molecule has 1 aliphatic heterocycles. The van der Waals surface area contributed by atoms with E-state index in [2.05, 4.69) is 4.74 Å². The zero-order valence-electron chi connectivity index (χ0n) is 13.9. The monoisotopic (exact) mass is 343 g/mol. The summed E-state index contributed by atoms with van der Waals surface area (Å²) in [4.78, 5) is 14.1. The van der Waals surface area contributed by atoms with E-state index in [1.54, 1.807) is 0 Å². The summed E-state index contributed by atoms with van der Waals surface area (Å²) in [5, 5.41) is 20.0. The van der Waals surface area contributed by atoms with Gasteiger partial charge in [0.2, 0.25) is 0 Å². The normalized spacial score (nSPS) is 24.1. The number of benzene rings is 1. The van der Waals surface area contributed by atoms with Gasteiger partial charge in [-0.1, -0.05) is 13.3 Å². The number of piperidine rings is 1. The Morgan fingerprint density at radius 3 is 2.75 bits per heavy atom. The smallest absolute Gasteiger partial charge is 0.257 e. The highest BCUT2D eigenvalue weighted by Crippen LogP contribution is 2.36. The molecule has 0 saturated carbocycles. The maximum atomic E-state index is 14.3. The summed E-state index contributed by atoms with van der Waals surface area (Å²) in [5.41, 5.74) is -1.10. The van der Waals surface area contributed by atoms with Crippen LogP contribution in [0.2, 0.25) is 0 Å². The van der Waals surface area contributed by atoms with Gasteiger partial charge in [-0.3, -0.25) is 4.79 Å². The molecule has 2 N–H and O–H groups in total. The van der Waals surface area contributed by atoms with Gasteiger partial charge in [-0.25, -0.2) is 8.78 Å². The Morgan fingerprint density at radius 2 is 2.17 bits per heavy atom. The maximum absolute atomic E-state index is 14.3. The second kappa shape index (κ2) is 7.44. The molecule has 2 atom stereocenters. The number of hydrogen-bond donors (Lipinski definition) is 2. The zero-order valence-corrected chi connectivity index (χ0v) is 13.9. The van der Waals surface area contributed by atoms with E-state index in [1.165, 1.54) is 4.90 Å². The first-order chi connectivity index (χ1) is 11.4. The van der Waals surface area contributed by atoms with Gasteiger partial charge in [0.1, 0.15) is 0 Å². The van der Waals surface area contributed by atoms with Gasteiger partial charge in [-0.15, -0.1) is 0 Å². The van der Waals surface area contributed by atoms with Gasteiger partial charge in [0, 0.05) is 18.5 Å². The summed E-state index contributed by atoms with van der Waals surface area (Å²) >= 11 is 0. The molecule has 0 spiro atoms. The zero-order chi connectivity index (χ0) is 17.9. The molecule has 0 unspecified atom stereocenters. The van der Waals surface area contributed by atoms with Crippen molar-refractivity contribution in [3.63, 3.8) is 0 Å². The fourth-order valence-electron chi connectivity index (χ4n) is 3.36. The number of carbonyl (C=O) groups excluding carboxylic acids is 1. The number of ether oxygens (including phenoxy) is 1. The van der Waals surface area contributed by atoms with Crippen LogP contribution in [0.25, 0.3) is 0 Å². The minimum absolute atomic E-state index is 0.121. The third-order valence-corrected chi connectivity index (χ3v) is 4.72. The van der Waals surface area contributed by atoms with Gasteiger partial charge < -0.3 is 19.8 Å². The molecule has 0 radical (unpaired) electrons. The second-order valence-electron chi connectivity index (χ2n) is 6.24. The SMILES string of the molecule is CCC[C@@]1(CO)CN(C(=O)c2ccc(F)c(OC)c2F)CC[C@H]1O. The van der Waals surface area contributed by atoms with Gasteiger partial charge >= 0.3 is 0 Å². The lowest BCUT2D eigenvalue weighted by molar-refractivity contribution is -0.0720. The first-order valence-corrected chi connectivity index (χ1v) is 8.00. The van der Waals surface area contributed by atoms with Crippen LogP contribution in [-0.2, 0) is 0 Å². The first-order valence-electron chi connectivity index (χ1n) is 8.00. The molecule has 24 heavy (non-hydrogen) atoms. The predicted molar refractivity (Wildman–Crippen MR) is 83.9 cm³/mol. The Bertz CT molecular complexity index is 610. The van der Waals surface area contributed by atoms with E-state index in [9.17, 15) is 23.8 Å². The molecule has 0 bridgehead atoms. The molecule has 1 aromatic carbocycles. The van der Waals surface area contributed by atoms with Crippen LogP contribution in [0.1, 0.15) is 36.5 Å². The van der Waals surface area contributed by atoms with E-state index in [-0.39, 0.29) is 25.3 Å². The molecule has 1 amide bonds. The second-order valence-corrected chi connectivity index (χ2v) is 6.24. The minimum Gasteiger partial charge on any atom is -0.491 e. The van der Waals surface area contributed by atoms with Crippen LogP contribution < -0.4 is 4.74 Å². The number of hydrogen-bond acceptors (Lipinski definition) is 4. The first kappa shape index (κ1) is 18.6. The van der Waals surface area contributed by atoms with Crippen molar-refractivity contribution in [2.24, 2.45) is 5.41 Å². The molecule has 1 saturated heterocycles. The van der Waals surface area contributed by atoms with Crippen molar-refractivity contribution in [3.05, 3.63) is 29.3 Å². The lowest BCUT2D eigenvalue weighted by Crippen LogP contribution is -2.55. The van der Waals surface area contributed by atoms with E-state index in [0.29, 0.717) is 12.8 Å². The third kappa shape index (κ3) is 3.23. The molecule has 1 aromatic rings. The molecule has 1 heterocycles. The van der Waals surface area contributed by atoms with E-state index in [0.717, 1.165) is 25.7 Å². The highest BCUT2D eigenvalue weighted by Gasteiger charge is 2.43. The minimum atomic E-state index is -1.04. The van der Waals surface area contributed by atoms with Gasteiger partial charge in [0.15, 0.2) is 17.4 Å². The van der Waals surface area contributed by atoms with Gasteiger partial charge in [-0.05, 0) is 25.0 Å². The van der Waals surface area contributed by atoms with Crippen LogP contribution in [0, 0.1) is 17.0 Å².